The van der Waals surface area contributed by atoms with Crippen LogP contribution in [0.15, 0.2) is 48.5 Å². The molecule has 2 aromatic rings. The van der Waals surface area contributed by atoms with Gasteiger partial charge in [0.2, 0.25) is 0 Å². The number of carbonyl (C=O) groups excluding carboxylic acids is 1. The van der Waals surface area contributed by atoms with Gasteiger partial charge >= 0.3 is 6.03 Å². The fourth-order valence-corrected chi connectivity index (χ4v) is 3.42. The number of nitrogens with zero attached hydrogens (tertiary/aromatic N) is 3. The molecule has 28 heavy (non-hydrogen) atoms. The topological polar surface area (TPSA) is 38.8 Å². The predicted octanol–water partition coefficient (Wildman–Crippen LogP) is 4.58. The maximum absolute atomic E-state index is 12.3. The molecule has 1 unspecified atom stereocenters. The second-order valence-corrected chi connectivity index (χ2v) is 7.65. The predicted molar refractivity (Wildman–Crippen MR) is 119 cm³/mol. The van der Waals surface area contributed by atoms with Gasteiger partial charge in [-0.1, -0.05) is 24.6 Å². The van der Waals surface area contributed by atoms with Crippen molar-refractivity contribution >= 4 is 23.1 Å². The Hall–Kier alpha value is -2.69. The average molecular weight is 381 g/mol. The van der Waals surface area contributed by atoms with E-state index in [4.69, 9.17) is 0 Å². The molecule has 5 nitrogen and oxygen atoms in total. The Morgan fingerprint density at radius 1 is 0.964 bits per heavy atom. The lowest BCUT2D eigenvalue weighted by atomic mass is 10.2. The standard InChI is InChI=1S/C23H32N4O/c1-5-19(3)25(4)23(28)24-20-8-12-22(13-9-20)27-16-14-26(15-17-27)21-10-6-18(2)7-11-21/h6-13,19H,5,14-17H2,1-4H3,(H,24,28). The summed E-state index contributed by atoms with van der Waals surface area (Å²) in [4.78, 5) is 18.9. The number of rotatable bonds is 5. The lowest BCUT2D eigenvalue weighted by Crippen LogP contribution is -2.46. The van der Waals surface area contributed by atoms with Crippen LogP contribution in [0.2, 0.25) is 0 Å². The molecule has 0 spiro atoms. The Morgan fingerprint density at radius 3 is 1.89 bits per heavy atom. The summed E-state index contributed by atoms with van der Waals surface area (Å²) in [5.41, 5.74) is 4.64. The van der Waals surface area contributed by atoms with Gasteiger partial charge in [-0.05, 0) is 56.7 Å². The van der Waals surface area contributed by atoms with Gasteiger partial charge in [0.15, 0.2) is 0 Å². The normalized spacial score (nSPS) is 15.3. The maximum Gasteiger partial charge on any atom is 0.321 e. The van der Waals surface area contributed by atoms with E-state index in [1.54, 1.807) is 4.90 Å². The fraction of sp³-hybridized carbons (Fsp3) is 0.435. The lowest BCUT2D eigenvalue weighted by Gasteiger charge is -2.37. The number of anilines is 3. The van der Waals surface area contributed by atoms with E-state index < -0.39 is 0 Å². The van der Waals surface area contributed by atoms with Crippen LogP contribution in [0.3, 0.4) is 0 Å². The molecule has 1 fully saturated rings. The molecular formula is C23H32N4O. The zero-order valence-corrected chi connectivity index (χ0v) is 17.5. The van der Waals surface area contributed by atoms with Gasteiger partial charge in [0, 0.05) is 56.3 Å². The number of benzene rings is 2. The summed E-state index contributed by atoms with van der Waals surface area (Å²) in [7, 11) is 1.84. The monoisotopic (exact) mass is 380 g/mol. The average Bonchev–Trinajstić information content (AvgIpc) is 2.74. The van der Waals surface area contributed by atoms with E-state index in [2.05, 4.69) is 72.3 Å². The third-order valence-corrected chi connectivity index (χ3v) is 5.73. The van der Waals surface area contributed by atoms with E-state index in [-0.39, 0.29) is 12.1 Å². The summed E-state index contributed by atoms with van der Waals surface area (Å²) in [5, 5.41) is 2.98. The number of aryl methyl sites for hydroxylation is 1. The third-order valence-electron chi connectivity index (χ3n) is 5.73. The SMILES string of the molecule is CCC(C)N(C)C(=O)Nc1ccc(N2CCN(c3ccc(C)cc3)CC2)cc1. The molecule has 150 valence electrons. The van der Waals surface area contributed by atoms with Crippen molar-refractivity contribution in [2.24, 2.45) is 0 Å². The Balaban J connectivity index is 1.54. The van der Waals surface area contributed by atoms with Gasteiger partial charge in [0.25, 0.3) is 0 Å². The van der Waals surface area contributed by atoms with Gasteiger partial charge in [-0.2, -0.15) is 0 Å². The Labute approximate surface area is 168 Å². The highest BCUT2D eigenvalue weighted by atomic mass is 16.2. The molecule has 0 bridgehead atoms. The summed E-state index contributed by atoms with van der Waals surface area (Å²) in [5.74, 6) is 0. The molecular weight excluding hydrogens is 348 g/mol. The van der Waals surface area contributed by atoms with Crippen LogP contribution in [0.5, 0.6) is 0 Å². The van der Waals surface area contributed by atoms with E-state index in [1.807, 2.05) is 19.2 Å². The number of amides is 2. The number of urea groups is 1. The summed E-state index contributed by atoms with van der Waals surface area (Å²) >= 11 is 0. The van der Waals surface area contributed by atoms with Gasteiger partial charge in [0.05, 0.1) is 0 Å². The molecule has 2 aromatic carbocycles. The molecule has 0 aromatic heterocycles. The van der Waals surface area contributed by atoms with Crippen molar-refractivity contribution in [2.45, 2.75) is 33.2 Å². The molecule has 1 saturated heterocycles. The van der Waals surface area contributed by atoms with Crippen LogP contribution in [-0.2, 0) is 0 Å². The van der Waals surface area contributed by atoms with Crippen molar-refractivity contribution in [3.8, 4) is 0 Å². The van der Waals surface area contributed by atoms with Crippen molar-refractivity contribution in [1.29, 1.82) is 0 Å². The summed E-state index contributed by atoms with van der Waals surface area (Å²) in [6.07, 6.45) is 0.942. The van der Waals surface area contributed by atoms with Gasteiger partial charge < -0.3 is 20.0 Å². The Morgan fingerprint density at radius 2 is 1.43 bits per heavy atom. The molecule has 5 heteroatoms. The molecule has 0 saturated carbocycles. The smallest absolute Gasteiger partial charge is 0.321 e. The number of hydrogen-bond acceptors (Lipinski definition) is 3. The Kier molecular flexibility index (Phi) is 6.45. The molecule has 1 heterocycles. The second kappa shape index (κ2) is 9.00. The number of nitrogens with one attached hydrogen (secondary N) is 1. The summed E-state index contributed by atoms with van der Waals surface area (Å²) < 4.78 is 0. The lowest BCUT2D eigenvalue weighted by molar-refractivity contribution is 0.206. The van der Waals surface area contributed by atoms with Gasteiger partial charge in [-0.15, -0.1) is 0 Å². The first kappa shape index (κ1) is 20.1. The van der Waals surface area contributed by atoms with Gasteiger partial charge in [-0.3, -0.25) is 0 Å². The van der Waals surface area contributed by atoms with Crippen LogP contribution < -0.4 is 15.1 Å². The maximum atomic E-state index is 12.3. The van der Waals surface area contributed by atoms with E-state index in [0.29, 0.717) is 0 Å². The number of piperazine rings is 1. The van der Waals surface area contributed by atoms with Crippen LogP contribution in [0, 0.1) is 6.92 Å². The second-order valence-electron chi connectivity index (χ2n) is 7.65. The third kappa shape index (κ3) is 4.77. The highest BCUT2D eigenvalue weighted by Gasteiger charge is 2.18. The van der Waals surface area contributed by atoms with Crippen molar-refractivity contribution in [3.05, 3.63) is 54.1 Å². The molecule has 1 aliphatic rings. The largest absolute Gasteiger partial charge is 0.368 e. The van der Waals surface area contributed by atoms with Crippen molar-refractivity contribution in [2.75, 3.05) is 48.3 Å². The molecule has 3 rings (SSSR count). The first-order valence-corrected chi connectivity index (χ1v) is 10.2. The quantitative estimate of drug-likeness (QED) is 0.825. The minimum absolute atomic E-state index is 0.0613. The van der Waals surface area contributed by atoms with E-state index in [1.165, 1.54) is 16.9 Å². The number of hydrogen-bond donors (Lipinski definition) is 1. The van der Waals surface area contributed by atoms with Crippen LogP contribution in [0.1, 0.15) is 25.8 Å². The summed E-state index contributed by atoms with van der Waals surface area (Å²) in [6.45, 7) is 10.3. The van der Waals surface area contributed by atoms with E-state index >= 15 is 0 Å². The van der Waals surface area contributed by atoms with Crippen LogP contribution in [-0.4, -0.2) is 50.2 Å². The van der Waals surface area contributed by atoms with E-state index in [9.17, 15) is 4.79 Å². The molecule has 0 radical (unpaired) electrons. The molecule has 0 aliphatic carbocycles. The first-order valence-electron chi connectivity index (χ1n) is 10.2. The first-order chi connectivity index (χ1) is 13.5. The minimum Gasteiger partial charge on any atom is -0.368 e. The number of carbonyl (C=O) groups is 1. The molecule has 1 N–H and O–H groups in total. The van der Waals surface area contributed by atoms with Gasteiger partial charge in [0.1, 0.15) is 0 Å². The molecule has 1 atom stereocenters. The van der Waals surface area contributed by atoms with Crippen molar-refractivity contribution < 1.29 is 4.79 Å². The zero-order chi connectivity index (χ0) is 20.1. The van der Waals surface area contributed by atoms with E-state index in [0.717, 1.165) is 38.3 Å². The highest BCUT2D eigenvalue weighted by molar-refractivity contribution is 5.89. The zero-order valence-electron chi connectivity index (χ0n) is 17.5. The van der Waals surface area contributed by atoms with Crippen LogP contribution in [0.4, 0.5) is 21.9 Å². The van der Waals surface area contributed by atoms with Crippen LogP contribution in [0.25, 0.3) is 0 Å². The van der Waals surface area contributed by atoms with Crippen molar-refractivity contribution in [3.63, 3.8) is 0 Å². The van der Waals surface area contributed by atoms with Gasteiger partial charge in [-0.25, -0.2) is 4.79 Å². The fourth-order valence-electron chi connectivity index (χ4n) is 3.42. The summed E-state index contributed by atoms with van der Waals surface area (Å²) in [6, 6.07) is 17.1. The van der Waals surface area contributed by atoms with Crippen LogP contribution >= 0.6 is 0 Å². The molecule has 1 aliphatic heterocycles. The highest BCUT2D eigenvalue weighted by Crippen LogP contribution is 2.22. The van der Waals surface area contributed by atoms with Crippen molar-refractivity contribution in [1.82, 2.24) is 4.90 Å². The minimum atomic E-state index is -0.0613. The Bertz CT molecular complexity index is 764. The molecule has 2 amide bonds.